The molecule has 0 bridgehead atoms. The van der Waals surface area contributed by atoms with Gasteiger partial charge in [0.2, 0.25) is 11.7 Å². The third-order valence-electron chi connectivity index (χ3n) is 4.01. The molecule has 0 atom stereocenters. The zero-order chi connectivity index (χ0) is 13.1. The van der Waals surface area contributed by atoms with E-state index in [1.54, 1.807) is 12.4 Å². The van der Waals surface area contributed by atoms with E-state index in [2.05, 4.69) is 25.4 Å². The van der Waals surface area contributed by atoms with Crippen LogP contribution in [0.15, 0.2) is 16.9 Å². The van der Waals surface area contributed by atoms with Gasteiger partial charge in [-0.15, -0.1) is 0 Å². The van der Waals surface area contributed by atoms with Crippen molar-refractivity contribution in [1.29, 1.82) is 0 Å². The van der Waals surface area contributed by atoms with Crippen LogP contribution in [0.4, 0.5) is 0 Å². The highest BCUT2D eigenvalue weighted by Crippen LogP contribution is 2.30. The average Bonchev–Trinajstić information content (AvgIpc) is 3.10. The van der Waals surface area contributed by atoms with Crippen molar-refractivity contribution in [3.05, 3.63) is 18.3 Å². The predicted molar refractivity (Wildman–Crippen MR) is 70.5 cm³/mol. The number of aromatic amines is 1. The van der Waals surface area contributed by atoms with Crippen LogP contribution in [0.1, 0.15) is 38.0 Å². The maximum absolute atomic E-state index is 5.36. The fraction of sp³-hybridized carbons (Fsp3) is 0.615. The summed E-state index contributed by atoms with van der Waals surface area (Å²) in [5, 5.41) is 7.44. The predicted octanol–water partition coefficient (Wildman–Crippen LogP) is 1.92. The molecule has 2 heterocycles. The van der Waals surface area contributed by atoms with E-state index < -0.39 is 0 Å². The van der Waals surface area contributed by atoms with E-state index in [-0.39, 0.29) is 5.54 Å². The highest BCUT2D eigenvalue weighted by atomic mass is 16.5. The minimum atomic E-state index is 0.116. The maximum Gasteiger partial charge on any atom is 0.238 e. The molecule has 102 valence electrons. The summed E-state index contributed by atoms with van der Waals surface area (Å²) >= 11 is 0. The van der Waals surface area contributed by atoms with Gasteiger partial charge in [-0.05, 0) is 19.9 Å². The van der Waals surface area contributed by atoms with Gasteiger partial charge in [0, 0.05) is 24.4 Å². The monoisotopic (exact) mass is 261 g/mol. The largest absolute Gasteiger partial charge is 0.342 e. The first-order chi connectivity index (χ1) is 9.31. The summed E-state index contributed by atoms with van der Waals surface area (Å²) in [6, 6.07) is 0. The number of nitrogens with zero attached hydrogens (tertiary/aromatic N) is 3. The Morgan fingerprint density at radius 1 is 1.37 bits per heavy atom. The molecule has 0 saturated heterocycles. The van der Waals surface area contributed by atoms with Crippen molar-refractivity contribution in [2.24, 2.45) is 0 Å². The van der Waals surface area contributed by atoms with Crippen LogP contribution in [-0.4, -0.2) is 32.7 Å². The zero-order valence-corrected chi connectivity index (χ0v) is 11.1. The van der Waals surface area contributed by atoms with E-state index in [4.69, 9.17) is 4.52 Å². The molecule has 2 aromatic heterocycles. The van der Waals surface area contributed by atoms with Crippen molar-refractivity contribution < 1.29 is 4.52 Å². The van der Waals surface area contributed by atoms with Gasteiger partial charge in [-0.2, -0.15) is 4.98 Å². The van der Waals surface area contributed by atoms with Crippen LogP contribution in [0.3, 0.4) is 0 Å². The smallest absolute Gasteiger partial charge is 0.238 e. The lowest BCUT2D eigenvalue weighted by Gasteiger charge is -2.36. The summed E-state index contributed by atoms with van der Waals surface area (Å²) in [7, 11) is 2.02. The van der Waals surface area contributed by atoms with Crippen molar-refractivity contribution in [2.45, 2.75) is 44.1 Å². The minimum Gasteiger partial charge on any atom is -0.342 e. The zero-order valence-electron chi connectivity index (χ0n) is 11.1. The lowest BCUT2D eigenvalue weighted by Crippen LogP contribution is -2.46. The Bertz CT molecular complexity index is 513. The first-order valence-electron chi connectivity index (χ1n) is 6.83. The van der Waals surface area contributed by atoms with Gasteiger partial charge in [0.25, 0.3) is 0 Å². The molecule has 6 nitrogen and oxygen atoms in total. The average molecular weight is 261 g/mol. The molecule has 0 amide bonds. The molecule has 0 spiro atoms. The third-order valence-corrected chi connectivity index (χ3v) is 4.01. The van der Waals surface area contributed by atoms with Crippen LogP contribution in [0, 0.1) is 0 Å². The highest BCUT2D eigenvalue weighted by Gasteiger charge is 2.32. The van der Waals surface area contributed by atoms with Gasteiger partial charge in [0.15, 0.2) is 5.82 Å². The number of hydrogen-bond donors (Lipinski definition) is 2. The number of H-pyrrole nitrogens is 1. The van der Waals surface area contributed by atoms with Crippen LogP contribution in [0.2, 0.25) is 0 Å². The fourth-order valence-electron chi connectivity index (χ4n) is 2.84. The van der Waals surface area contributed by atoms with Crippen molar-refractivity contribution in [2.75, 3.05) is 7.05 Å². The van der Waals surface area contributed by atoms with Gasteiger partial charge >= 0.3 is 0 Å². The van der Waals surface area contributed by atoms with Crippen LogP contribution >= 0.6 is 0 Å². The van der Waals surface area contributed by atoms with Gasteiger partial charge in [-0.1, -0.05) is 24.4 Å². The van der Waals surface area contributed by atoms with Gasteiger partial charge in [-0.25, -0.2) is 4.98 Å². The Morgan fingerprint density at radius 2 is 2.21 bits per heavy atom. The summed E-state index contributed by atoms with van der Waals surface area (Å²) in [5.41, 5.74) is 0.116. The standard InChI is InChI=1S/C13H19N5O/c1-14-13(5-3-2-4-6-13)9-10-17-12(18-19-10)11-15-7-8-16-11/h7-8,14H,2-6,9H2,1H3,(H,15,16). The van der Waals surface area contributed by atoms with Crippen molar-refractivity contribution >= 4 is 0 Å². The number of likely N-dealkylation sites (N-methyl/N-ethyl adjacent to an activating group) is 1. The van der Waals surface area contributed by atoms with Crippen molar-refractivity contribution in [3.8, 4) is 11.6 Å². The van der Waals surface area contributed by atoms with Gasteiger partial charge < -0.3 is 14.8 Å². The van der Waals surface area contributed by atoms with Crippen molar-refractivity contribution in [3.63, 3.8) is 0 Å². The molecule has 0 unspecified atom stereocenters. The van der Waals surface area contributed by atoms with Gasteiger partial charge in [-0.3, -0.25) is 0 Å². The summed E-state index contributed by atoms with van der Waals surface area (Å²) in [6.07, 6.45) is 10.4. The second-order valence-corrected chi connectivity index (χ2v) is 5.22. The number of imidazole rings is 1. The molecule has 0 aromatic carbocycles. The molecule has 0 aliphatic heterocycles. The van der Waals surface area contributed by atoms with Crippen molar-refractivity contribution in [1.82, 2.24) is 25.4 Å². The van der Waals surface area contributed by atoms with Crippen LogP contribution < -0.4 is 5.32 Å². The summed E-state index contributed by atoms with van der Waals surface area (Å²) in [5.74, 6) is 1.86. The lowest BCUT2D eigenvalue weighted by molar-refractivity contribution is 0.221. The Labute approximate surface area is 112 Å². The van der Waals surface area contributed by atoms with Crippen LogP contribution in [0.25, 0.3) is 11.6 Å². The molecular formula is C13H19N5O. The Balaban J connectivity index is 1.76. The van der Waals surface area contributed by atoms with E-state index in [1.807, 2.05) is 7.05 Å². The second kappa shape index (κ2) is 5.13. The molecule has 0 radical (unpaired) electrons. The van der Waals surface area contributed by atoms with E-state index in [0.717, 1.165) is 6.42 Å². The molecule has 19 heavy (non-hydrogen) atoms. The minimum absolute atomic E-state index is 0.116. The van der Waals surface area contributed by atoms with E-state index in [0.29, 0.717) is 17.5 Å². The molecule has 6 heteroatoms. The second-order valence-electron chi connectivity index (χ2n) is 5.22. The Morgan fingerprint density at radius 3 is 2.89 bits per heavy atom. The summed E-state index contributed by atoms with van der Waals surface area (Å²) in [6.45, 7) is 0. The lowest BCUT2D eigenvalue weighted by atomic mass is 9.79. The number of aromatic nitrogens is 4. The topological polar surface area (TPSA) is 79.6 Å². The fourth-order valence-corrected chi connectivity index (χ4v) is 2.84. The van der Waals surface area contributed by atoms with E-state index in [9.17, 15) is 0 Å². The van der Waals surface area contributed by atoms with Gasteiger partial charge in [0.1, 0.15) is 0 Å². The van der Waals surface area contributed by atoms with Gasteiger partial charge in [0.05, 0.1) is 0 Å². The quantitative estimate of drug-likeness (QED) is 0.879. The normalized spacial score (nSPS) is 18.6. The number of nitrogens with one attached hydrogen (secondary N) is 2. The molecule has 1 aliphatic carbocycles. The first-order valence-corrected chi connectivity index (χ1v) is 6.83. The molecule has 1 saturated carbocycles. The Hall–Kier alpha value is -1.69. The van der Waals surface area contributed by atoms with Crippen LogP contribution in [0.5, 0.6) is 0 Å². The first kappa shape index (κ1) is 12.3. The maximum atomic E-state index is 5.36. The summed E-state index contributed by atoms with van der Waals surface area (Å²) < 4.78 is 5.36. The van der Waals surface area contributed by atoms with E-state index >= 15 is 0 Å². The van der Waals surface area contributed by atoms with E-state index in [1.165, 1.54) is 32.1 Å². The molecule has 1 aliphatic rings. The molecule has 3 rings (SSSR count). The number of rotatable bonds is 4. The number of hydrogen-bond acceptors (Lipinski definition) is 5. The van der Waals surface area contributed by atoms with Crippen LogP contribution in [-0.2, 0) is 6.42 Å². The molecule has 1 fully saturated rings. The Kier molecular flexibility index (Phi) is 3.33. The SMILES string of the molecule is CNC1(Cc2nc(-c3ncc[nH]3)no2)CCCCC1. The highest BCUT2D eigenvalue weighted by molar-refractivity contribution is 5.40. The molecule has 2 N–H and O–H groups in total. The third kappa shape index (κ3) is 2.53. The molecule has 2 aromatic rings. The summed E-state index contributed by atoms with van der Waals surface area (Å²) in [4.78, 5) is 11.5. The molecular weight excluding hydrogens is 242 g/mol.